The number of carbonyl (C=O) groups is 1. The zero-order chi connectivity index (χ0) is 11.6. The zero-order valence-corrected chi connectivity index (χ0v) is 13.4. The largest absolute Gasteiger partial charge is 0.369 e. The second-order valence-electron chi connectivity index (χ2n) is 5.16. The van der Waals surface area contributed by atoms with E-state index in [2.05, 4.69) is 61.6 Å². The molecule has 0 heterocycles. The number of hydrogen-bond donors (Lipinski definition) is 1. The molecule has 0 radical (unpaired) electrons. The third-order valence-electron chi connectivity index (χ3n) is 4.93. The molecular weight excluding hydrogens is 390 g/mol. The van der Waals surface area contributed by atoms with Crippen LogP contribution in [0.1, 0.15) is 26.7 Å². The first-order valence-electron chi connectivity index (χ1n) is 4.97. The third kappa shape index (κ3) is 0.998. The van der Waals surface area contributed by atoms with Crippen LogP contribution in [0.5, 0.6) is 0 Å². The van der Waals surface area contributed by atoms with Crippen LogP contribution in [-0.4, -0.2) is 14.5 Å². The Kier molecular flexibility index (Phi) is 2.66. The normalized spacial score (nSPS) is 46.7. The molecule has 0 aromatic heterocycles. The molecular formula is C10H14Br3NO. The van der Waals surface area contributed by atoms with Gasteiger partial charge >= 0.3 is 0 Å². The summed E-state index contributed by atoms with van der Waals surface area (Å²) in [6.07, 6.45) is 1.92. The summed E-state index contributed by atoms with van der Waals surface area (Å²) in [5, 5.41) is 0. The molecule has 0 aliphatic heterocycles. The predicted molar refractivity (Wildman–Crippen MR) is 71.4 cm³/mol. The Bertz CT molecular complexity index is 331. The first kappa shape index (κ1) is 12.4. The second-order valence-corrected chi connectivity index (χ2v) is 9.14. The summed E-state index contributed by atoms with van der Waals surface area (Å²) in [7, 11) is 0. The molecule has 0 spiro atoms. The zero-order valence-electron chi connectivity index (χ0n) is 8.69. The molecule has 5 heteroatoms. The van der Waals surface area contributed by atoms with Crippen LogP contribution < -0.4 is 5.73 Å². The molecule has 3 aliphatic carbocycles. The van der Waals surface area contributed by atoms with Gasteiger partial charge in [-0.3, -0.25) is 4.79 Å². The van der Waals surface area contributed by atoms with Crippen molar-refractivity contribution in [2.75, 3.05) is 0 Å². The third-order valence-corrected chi connectivity index (χ3v) is 8.16. The summed E-state index contributed by atoms with van der Waals surface area (Å²) < 4.78 is 0.215. The highest BCUT2D eigenvalue weighted by Crippen LogP contribution is 2.82. The standard InChI is InChI=1S/C10H14Br3NO/c1-8(2)9(6(12)13)3-4-10(8,5(9)11)7(14)15/h5-6H,3-4H2,1-2H3,(H2,14,15)/t5-,9+,10+/m1/s1. The number of alkyl halides is 3. The molecule has 3 rings (SSSR count). The first-order chi connectivity index (χ1) is 6.75. The SMILES string of the molecule is CC1(C)[C@@]2(C(N)=O)CC[C@@]1(C(Br)Br)[C@H]2Br. The Morgan fingerprint density at radius 3 is 2.13 bits per heavy atom. The summed E-state index contributed by atoms with van der Waals surface area (Å²) in [4.78, 5) is 11.9. The van der Waals surface area contributed by atoms with E-state index in [4.69, 9.17) is 5.73 Å². The van der Waals surface area contributed by atoms with Crippen LogP contribution in [-0.2, 0) is 4.79 Å². The number of fused-ring (bicyclic) bond motifs is 1. The van der Waals surface area contributed by atoms with E-state index in [1.807, 2.05) is 0 Å². The van der Waals surface area contributed by atoms with Crippen molar-refractivity contribution in [1.29, 1.82) is 0 Å². The van der Waals surface area contributed by atoms with Gasteiger partial charge in [-0.25, -0.2) is 0 Å². The highest BCUT2D eigenvalue weighted by Gasteiger charge is 2.82. The number of halogens is 3. The smallest absolute Gasteiger partial charge is 0.225 e. The lowest BCUT2D eigenvalue weighted by molar-refractivity contribution is -0.158. The van der Waals surface area contributed by atoms with Crippen molar-refractivity contribution in [3.63, 3.8) is 0 Å². The van der Waals surface area contributed by atoms with Crippen LogP contribution >= 0.6 is 47.8 Å². The Morgan fingerprint density at radius 1 is 1.40 bits per heavy atom. The maximum absolute atomic E-state index is 11.7. The van der Waals surface area contributed by atoms with E-state index in [1.54, 1.807) is 0 Å². The van der Waals surface area contributed by atoms with E-state index >= 15 is 0 Å². The molecule has 2 N–H and O–H groups in total. The van der Waals surface area contributed by atoms with Crippen LogP contribution in [0.2, 0.25) is 0 Å². The molecule has 0 aromatic rings. The van der Waals surface area contributed by atoms with Crippen molar-refractivity contribution in [2.45, 2.75) is 35.3 Å². The van der Waals surface area contributed by atoms with Crippen LogP contribution in [0.25, 0.3) is 0 Å². The molecule has 1 amide bonds. The average Bonchev–Trinajstić information content (AvgIpc) is 2.53. The molecule has 2 bridgehead atoms. The molecule has 0 unspecified atom stereocenters. The minimum absolute atomic E-state index is 0.0579. The molecule has 3 aliphatic rings. The molecule has 3 atom stereocenters. The number of carbonyl (C=O) groups excluding carboxylic acids is 1. The van der Waals surface area contributed by atoms with Gasteiger partial charge in [0.05, 0.1) is 9.15 Å². The lowest BCUT2D eigenvalue weighted by atomic mass is 9.43. The van der Waals surface area contributed by atoms with Gasteiger partial charge in [0.15, 0.2) is 0 Å². The summed E-state index contributed by atoms with van der Waals surface area (Å²) in [6.45, 7) is 4.30. The van der Waals surface area contributed by atoms with Gasteiger partial charge < -0.3 is 5.73 Å². The van der Waals surface area contributed by atoms with Crippen molar-refractivity contribution in [2.24, 2.45) is 22.0 Å². The van der Waals surface area contributed by atoms with E-state index < -0.39 is 0 Å². The van der Waals surface area contributed by atoms with E-state index in [0.29, 0.717) is 0 Å². The minimum Gasteiger partial charge on any atom is -0.369 e. The van der Waals surface area contributed by atoms with Crippen molar-refractivity contribution in [1.82, 2.24) is 0 Å². The van der Waals surface area contributed by atoms with Crippen LogP contribution in [0.3, 0.4) is 0 Å². The second kappa shape index (κ2) is 3.22. The van der Waals surface area contributed by atoms with Crippen LogP contribution in [0, 0.1) is 16.2 Å². The molecule has 15 heavy (non-hydrogen) atoms. The molecule has 3 saturated carbocycles. The van der Waals surface area contributed by atoms with Gasteiger partial charge in [-0.05, 0) is 18.3 Å². The van der Waals surface area contributed by atoms with Gasteiger partial charge in [0.25, 0.3) is 0 Å². The monoisotopic (exact) mass is 401 g/mol. The number of primary amides is 1. The quantitative estimate of drug-likeness (QED) is 0.707. The van der Waals surface area contributed by atoms with Crippen LogP contribution in [0.15, 0.2) is 0 Å². The van der Waals surface area contributed by atoms with Crippen molar-refractivity contribution in [3.8, 4) is 0 Å². The predicted octanol–water partition coefficient (Wildman–Crippen LogP) is 3.16. The van der Waals surface area contributed by atoms with Crippen LogP contribution in [0.4, 0.5) is 0 Å². The summed E-state index contributed by atoms with van der Waals surface area (Å²) in [6, 6.07) is 0. The Hall–Kier alpha value is 0.910. The molecule has 2 nitrogen and oxygen atoms in total. The average molecular weight is 404 g/mol. The highest BCUT2D eigenvalue weighted by molar-refractivity contribution is 9.24. The molecule has 0 saturated heterocycles. The number of nitrogens with two attached hydrogens (primary N) is 1. The van der Waals surface area contributed by atoms with E-state index in [0.717, 1.165) is 12.8 Å². The Morgan fingerprint density at radius 2 is 1.93 bits per heavy atom. The summed E-state index contributed by atoms with van der Waals surface area (Å²) >= 11 is 10.9. The number of amides is 1. The summed E-state index contributed by atoms with van der Waals surface area (Å²) in [5.41, 5.74) is 5.25. The minimum atomic E-state index is -0.368. The molecule has 0 aromatic carbocycles. The molecule has 86 valence electrons. The first-order valence-corrected chi connectivity index (χ1v) is 7.72. The highest BCUT2D eigenvalue weighted by atomic mass is 79.9. The fourth-order valence-electron chi connectivity index (χ4n) is 3.74. The van der Waals surface area contributed by atoms with Gasteiger partial charge in [0.1, 0.15) is 0 Å². The summed E-state index contributed by atoms with van der Waals surface area (Å²) in [5.74, 6) is -0.164. The van der Waals surface area contributed by atoms with Gasteiger partial charge in [-0.1, -0.05) is 61.6 Å². The lowest BCUT2D eigenvalue weighted by Crippen LogP contribution is -2.71. The lowest BCUT2D eigenvalue weighted by Gasteiger charge is -2.65. The van der Waals surface area contributed by atoms with Gasteiger partial charge in [0.2, 0.25) is 5.91 Å². The Balaban J connectivity index is 2.50. The van der Waals surface area contributed by atoms with Crippen molar-refractivity contribution in [3.05, 3.63) is 0 Å². The van der Waals surface area contributed by atoms with E-state index in [1.165, 1.54) is 0 Å². The number of hydrogen-bond acceptors (Lipinski definition) is 1. The topological polar surface area (TPSA) is 43.1 Å². The van der Waals surface area contributed by atoms with Crippen molar-refractivity contribution < 1.29 is 4.79 Å². The van der Waals surface area contributed by atoms with E-state index in [9.17, 15) is 4.79 Å². The van der Waals surface area contributed by atoms with Crippen molar-refractivity contribution >= 4 is 53.7 Å². The number of rotatable bonds is 2. The Labute approximate surface area is 115 Å². The maximum atomic E-state index is 11.7. The fourth-order valence-corrected chi connectivity index (χ4v) is 8.67. The van der Waals surface area contributed by atoms with Gasteiger partial charge in [-0.2, -0.15) is 0 Å². The fraction of sp³-hybridized carbons (Fsp3) is 0.900. The van der Waals surface area contributed by atoms with Gasteiger partial charge in [-0.15, -0.1) is 0 Å². The van der Waals surface area contributed by atoms with Gasteiger partial charge in [0, 0.05) is 10.2 Å². The maximum Gasteiger partial charge on any atom is 0.225 e. The molecule has 3 fully saturated rings. The van der Waals surface area contributed by atoms with E-state index in [-0.39, 0.29) is 30.7 Å².